The predicted octanol–water partition coefficient (Wildman–Crippen LogP) is 4.69. The fourth-order valence-corrected chi connectivity index (χ4v) is 2.69. The highest BCUT2D eigenvalue weighted by Gasteiger charge is 2.11. The summed E-state index contributed by atoms with van der Waals surface area (Å²) in [5.41, 5.74) is 4.62. The molecule has 2 aromatic carbocycles. The van der Waals surface area contributed by atoms with Crippen LogP contribution in [0.1, 0.15) is 32.4 Å². The minimum absolute atomic E-state index is 0.319. The molecule has 3 nitrogen and oxygen atoms in total. The third-order valence-corrected chi connectivity index (χ3v) is 4.01. The van der Waals surface area contributed by atoms with Crippen LogP contribution in [0.5, 0.6) is 0 Å². The SMILES string of the molecule is CCOC(=O)C(C)=C=C(C)[C@@H](O)c1ccc2cc(Br)ccc2c1. The number of carbonyl (C=O) groups excluding carboxylic acids is 1. The van der Waals surface area contributed by atoms with E-state index in [2.05, 4.69) is 21.7 Å². The van der Waals surface area contributed by atoms with Gasteiger partial charge < -0.3 is 9.84 Å². The van der Waals surface area contributed by atoms with E-state index in [9.17, 15) is 9.90 Å². The summed E-state index contributed by atoms with van der Waals surface area (Å²) in [4.78, 5) is 11.6. The molecule has 1 atom stereocenters. The number of esters is 1. The lowest BCUT2D eigenvalue weighted by Crippen LogP contribution is -2.05. The molecular weight excluding hydrogens is 356 g/mol. The Morgan fingerprint density at radius 2 is 1.87 bits per heavy atom. The Morgan fingerprint density at radius 3 is 2.57 bits per heavy atom. The number of hydrogen-bond donors (Lipinski definition) is 1. The van der Waals surface area contributed by atoms with Gasteiger partial charge in [0.2, 0.25) is 0 Å². The molecule has 1 N–H and O–H groups in total. The van der Waals surface area contributed by atoms with Gasteiger partial charge in [0.15, 0.2) is 0 Å². The van der Waals surface area contributed by atoms with Gasteiger partial charge in [-0.1, -0.05) is 34.1 Å². The molecule has 0 fully saturated rings. The number of ether oxygens (including phenoxy) is 1. The molecule has 0 bridgehead atoms. The Morgan fingerprint density at radius 1 is 1.22 bits per heavy atom. The number of halogens is 1. The first-order valence-corrected chi connectivity index (χ1v) is 8.20. The third-order valence-electron chi connectivity index (χ3n) is 3.52. The van der Waals surface area contributed by atoms with Crippen molar-refractivity contribution in [3.05, 3.63) is 63.3 Å². The molecule has 23 heavy (non-hydrogen) atoms. The lowest BCUT2D eigenvalue weighted by Gasteiger charge is -2.11. The van der Waals surface area contributed by atoms with Crippen LogP contribution in [0.2, 0.25) is 0 Å². The maximum atomic E-state index is 11.6. The first kappa shape index (κ1) is 17.5. The highest BCUT2D eigenvalue weighted by Crippen LogP contribution is 2.26. The van der Waals surface area contributed by atoms with Gasteiger partial charge in [0.25, 0.3) is 0 Å². The van der Waals surface area contributed by atoms with Gasteiger partial charge in [-0.15, -0.1) is 5.73 Å². The second-order valence-electron chi connectivity index (χ2n) is 5.31. The van der Waals surface area contributed by atoms with Crippen molar-refractivity contribution in [1.29, 1.82) is 0 Å². The van der Waals surface area contributed by atoms with Crippen LogP contribution in [0.15, 0.2) is 57.7 Å². The van der Waals surface area contributed by atoms with E-state index in [1.807, 2.05) is 36.4 Å². The highest BCUT2D eigenvalue weighted by atomic mass is 79.9. The molecule has 2 aromatic rings. The van der Waals surface area contributed by atoms with Crippen LogP contribution >= 0.6 is 15.9 Å². The molecule has 0 radical (unpaired) electrons. The summed E-state index contributed by atoms with van der Waals surface area (Å²) in [6.45, 7) is 5.45. The van der Waals surface area contributed by atoms with Crippen molar-refractivity contribution < 1.29 is 14.6 Å². The van der Waals surface area contributed by atoms with Crippen molar-refractivity contribution in [2.24, 2.45) is 0 Å². The van der Waals surface area contributed by atoms with Gasteiger partial charge in [0.1, 0.15) is 6.10 Å². The highest BCUT2D eigenvalue weighted by molar-refractivity contribution is 9.10. The average molecular weight is 375 g/mol. The van der Waals surface area contributed by atoms with E-state index in [1.54, 1.807) is 20.8 Å². The summed E-state index contributed by atoms with van der Waals surface area (Å²) >= 11 is 3.45. The fraction of sp³-hybridized carbons (Fsp3) is 0.263. The second kappa shape index (κ2) is 7.60. The van der Waals surface area contributed by atoms with E-state index in [1.165, 1.54) is 0 Å². The molecule has 0 aliphatic heterocycles. The third kappa shape index (κ3) is 4.32. The fourth-order valence-electron chi connectivity index (χ4n) is 2.31. The summed E-state index contributed by atoms with van der Waals surface area (Å²) in [6, 6.07) is 11.8. The van der Waals surface area contributed by atoms with Gasteiger partial charge in [-0.3, -0.25) is 0 Å². The first-order valence-electron chi connectivity index (χ1n) is 7.40. The Labute approximate surface area is 144 Å². The van der Waals surface area contributed by atoms with Crippen molar-refractivity contribution in [2.45, 2.75) is 26.9 Å². The Hall–Kier alpha value is -1.87. The molecule has 0 amide bonds. The maximum Gasteiger partial charge on any atom is 0.341 e. The molecular formula is C19H19BrO3. The molecule has 0 aliphatic carbocycles. The van der Waals surface area contributed by atoms with Crippen LogP contribution in [0.4, 0.5) is 0 Å². The van der Waals surface area contributed by atoms with Gasteiger partial charge in [0.05, 0.1) is 12.2 Å². The van der Waals surface area contributed by atoms with Crippen LogP contribution < -0.4 is 0 Å². The zero-order chi connectivity index (χ0) is 17.0. The standard InChI is InChI=1S/C19H19BrO3/c1-4-23-19(22)13(3)9-12(2)18(21)16-6-5-15-11-17(20)8-7-14(15)10-16/h5-8,10-11,18,21H,4H2,1-3H3/t9?,18-/m1/s1. The maximum absolute atomic E-state index is 11.6. The lowest BCUT2D eigenvalue weighted by molar-refractivity contribution is -0.138. The summed E-state index contributed by atoms with van der Waals surface area (Å²) in [6.07, 6.45) is -0.813. The molecule has 0 heterocycles. The van der Waals surface area contributed by atoms with E-state index >= 15 is 0 Å². The van der Waals surface area contributed by atoms with Gasteiger partial charge in [-0.25, -0.2) is 4.79 Å². The van der Waals surface area contributed by atoms with E-state index in [4.69, 9.17) is 4.74 Å². The first-order chi connectivity index (χ1) is 10.9. The molecule has 4 heteroatoms. The smallest absolute Gasteiger partial charge is 0.341 e. The molecule has 0 aliphatic rings. The molecule has 0 saturated carbocycles. The van der Waals surface area contributed by atoms with E-state index < -0.39 is 12.1 Å². The Balaban J connectivity index is 2.35. The van der Waals surface area contributed by atoms with Crippen molar-refractivity contribution in [2.75, 3.05) is 6.61 Å². The Bertz CT molecular complexity index is 801. The Kier molecular flexibility index (Phi) is 5.78. The lowest BCUT2D eigenvalue weighted by atomic mass is 9.99. The topological polar surface area (TPSA) is 46.5 Å². The van der Waals surface area contributed by atoms with Crippen molar-refractivity contribution >= 4 is 32.7 Å². The van der Waals surface area contributed by atoms with Crippen LogP contribution in [0.25, 0.3) is 10.8 Å². The number of benzene rings is 2. The molecule has 0 saturated heterocycles. The number of carbonyl (C=O) groups is 1. The minimum atomic E-state index is -0.813. The zero-order valence-corrected chi connectivity index (χ0v) is 15.0. The minimum Gasteiger partial charge on any atom is -0.462 e. The second-order valence-corrected chi connectivity index (χ2v) is 6.22. The number of aliphatic hydroxyl groups is 1. The van der Waals surface area contributed by atoms with Crippen LogP contribution in [0, 0.1) is 0 Å². The van der Waals surface area contributed by atoms with E-state index in [-0.39, 0.29) is 0 Å². The normalized spacial score (nSPS) is 11.7. The largest absolute Gasteiger partial charge is 0.462 e. The summed E-state index contributed by atoms with van der Waals surface area (Å²) in [5, 5.41) is 12.6. The predicted molar refractivity (Wildman–Crippen MR) is 95.1 cm³/mol. The number of fused-ring (bicyclic) bond motifs is 1. The average Bonchev–Trinajstić information content (AvgIpc) is 2.53. The van der Waals surface area contributed by atoms with Crippen molar-refractivity contribution in [3.8, 4) is 0 Å². The molecule has 120 valence electrons. The van der Waals surface area contributed by atoms with Gasteiger partial charge in [-0.2, -0.15) is 0 Å². The van der Waals surface area contributed by atoms with Crippen molar-refractivity contribution in [3.63, 3.8) is 0 Å². The van der Waals surface area contributed by atoms with Crippen LogP contribution in [-0.4, -0.2) is 17.7 Å². The van der Waals surface area contributed by atoms with Crippen LogP contribution in [0.3, 0.4) is 0 Å². The van der Waals surface area contributed by atoms with E-state index in [0.29, 0.717) is 17.8 Å². The monoisotopic (exact) mass is 374 g/mol. The summed E-state index contributed by atoms with van der Waals surface area (Å²) in [7, 11) is 0. The molecule has 0 aromatic heterocycles. The number of aliphatic hydroxyl groups excluding tert-OH is 1. The quantitative estimate of drug-likeness (QED) is 0.479. The number of rotatable bonds is 4. The molecule has 0 unspecified atom stereocenters. The van der Waals surface area contributed by atoms with Gasteiger partial charge in [0, 0.05) is 10.0 Å². The van der Waals surface area contributed by atoms with Crippen LogP contribution in [-0.2, 0) is 9.53 Å². The van der Waals surface area contributed by atoms with Gasteiger partial charge >= 0.3 is 5.97 Å². The molecule has 0 spiro atoms. The van der Waals surface area contributed by atoms with Gasteiger partial charge in [-0.05, 0) is 55.3 Å². The molecule has 2 rings (SSSR count). The van der Waals surface area contributed by atoms with Crippen molar-refractivity contribution in [1.82, 2.24) is 0 Å². The number of hydrogen-bond acceptors (Lipinski definition) is 3. The van der Waals surface area contributed by atoms with E-state index in [0.717, 1.165) is 20.8 Å². The zero-order valence-electron chi connectivity index (χ0n) is 13.4. The summed E-state index contributed by atoms with van der Waals surface area (Å²) < 4.78 is 5.94. The summed E-state index contributed by atoms with van der Waals surface area (Å²) in [5.74, 6) is -0.414.